The van der Waals surface area contributed by atoms with Crippen LogP contribution in [0, 0.1) is 6.92 Å². The van der Waals surface area contributed by atoms with Gasteiger partial charge in [0.2, 0.25) is 0 Å². The molecule has 1 N–H and O–H groups in total. The van der Waals surface area contributed by atoms with Gasteiger partial charge in [-0.15, -0.1) is 0 Å². The molecule has 0 aliphatic rings. The number of hydrogen-bond donors (Lipinski definition) is 1. The second kappa shape index (κ2) is 6.76. The number of benzene rings is 2. The first-order valence-electron chi connectivity index (χ1n) is 7.34. The maximum atomic E-state index is 12.4. The van der Waals surface area contributed by atoms with E-state index in [2.05, 4.69) is 10.4 Å². The van der Waals surface area contributed by atoms with Crippen LogP contribution in [0.5, 0.6) is 5.75 Å². The number of hydrogen-bond acceptors (Lipinski definition) is 3. The third-order valence-electron chi connectivity index (χ3n) is 3.67. The second-order valence-corrected chi connectivity index (χ2v) is 5.65. The minimum Gasteiger partial charge on any atom is -0.497 e. The van der Waals surface area contributed by atoms with E-state index in [0.29, 0.717) is 16.3 Å². The number of rotatable bonds is 4. The molecule has 3 aromatic rings. The number of ether oxygens (including phenoxy) is 1. The molecule has 0 fully saturated rings. The lowest BCUT2D eigenvalue weighted by Crippen LogP contribution is -2.13. The molecule has 0 spiro atoms. The molecule has 1 aromatic heterocycles. The number of carbonyl (C=O) groups excluding carboxylic acids is 1. The van der Waals surface area contributed by atoms with Crippen LogP contribution < -0.4 is 10.1 Å². The summed E-state index contributed by atoms with van der Waals surface area (Å²) in [4.78, 5) is 12.4. The lowest BCUT2D eigenvalue weighted by molar-refractivity contribution is 0.102. The molecule has 5 nitrogen and oxygen atoms in total. The third kappa shape index (κ3) is 3.26. The molecule has 0 atom stereocenters. The van der Waals surface area contributed by atoms with Crippen molar-refractivity contribution < 1.29 is 9.53 Å². The van der Waals surface area contributed by atoms with Gasteiger partial charge in [-0.1, -0.05) is 11.6 Å². The van der Waals surface area contributed by atoms with Gasteiger partial charge in [-0.05, 0) is 55.5 Å². The lowest BCUT2D eigenvalue weighted by atomic mass is 10.2. The van der Waals surface area contributed by atoms with E-state index in [-0.39, 0.29) is 5.91 Å². The summed E-state index contributed by atoms with van der Waals surface area (Å²) in [6.07, 6.45) is 1.56. The van der Waals surface area contributed by atoms with Gasteiger partial charge in [0, 0.05) is 10.7 Å². The Kier molecular flexibility index (Phi) is 4.53. The number of nitrogens with zero attached hydrogens (tertiary/aromatic N) is 2. The Morgan fingerprint density at radius 3 is 2.42 bits per heavy atom. The highest BCUT2D eigenvalue weighted by molar-refractivity contribution is 6.30. The maximum Gasteiger partial charge on any atom is 0.259 e. The molecule has 6 heteroatoms. The fourth-order valence-corrected chi connectivity index (χ4v) is 2.47. The largest absolute Gasteiger partial charge is 0.497 e. The number of halogens is 1. The van der Waals surface area contributed by atoms with E-state index in [1.165, 1.54) is 0 Å². The smallest absolute Gasteiger partial charge is 0.259 e. The molecular weight excluding hydrogens is 326 g/mol. The molecule has 2 aromatic carbocycles. The van der Waals surface area contributed by atoms with Gasteiger partial charge in [-0.25, -0.2) is 4.68 Å². The highest BCUT2D eigenvalue weighted by Crippen LogP contribution is 2.19. The first-order valence-corrected chi connectivity index (χ1v) is 7.72. The van der Waals surface area contributed by atoms with E-state index in [0.717, 1.165) is 17.1 Å². The van der Waals surface area contributed by atoms with Crippen LogP contribution in [-0.4, -0.2) is 22.8 Å². The second-order valence-electron chi connectivity index (χ2n) is 5.21. The average molecular weight is 342 g/mol. The van der Waals surface area contributed by atoms with Crippen molar-refractivity contribution in [1.29, 1.82) is 0 Å². The van der Waals surface area contributed by atoms with Crippen LogP contribution in [0.25, 0.3) is 5.69 Å². The normalized spacial score (nSPS) is 10.5. The number of nitrogens with one attached hydrogen (secondary N) is 1. The van der Waals surface area contributed by atoms with Gasteiger partial charge in [0.15, 0.2) is 0 Å². The Morgan fingerprint density at radius 1 is 1.12 bits per heavy atom. The van der Waals surface area contributed by atoms with E-state index < -0.39 is 0 Å². The summed E-state index contributed by atoms with van der Waals surface area (Å²) in [5.74, 6) is 0.554. The predicted octanol–water partition coefficient (Wildman–Crippen LogP) is 4.10. The van der Waals surface area contributed by atoms with E-state index >= 15 is 0 Å². The van der Waals surface area contributed by atoms with Crippen molar-refractivity contribution in [3.63, 3.8) is 0 Å². The fourth-order valence-electron chi connectivity index (χ4n) is 2.35. The van der Waals surface area contributed by atoms with Crippen molar-refractivity contribution in [3.8, 4) is 11.4 Å². The van der Waals surface area contributed by atoms with Crippen LogP contribution in [0.1, 0.15) is 16.1 Å². The standard InChI is InChI=1S/C18H16ClN3O2/c1-12-17(18(23)21-14-5-3-13(19)4-6-14)11-20-22(12)15-7-9-16(24-2)10-8-15/h3-11H,1-2H3,(H,21,23). The third-order valence-corrected chi connectivity index (χ3v) is 3.93. The molecule has 0 saturated carbocycles. The van der Waals surface area contributed by atoms with Crippen LogP contribution in [0.3, 0.4) is 0 Å². The van der Waals surface area contributed by atoms with Gasteiger partial charge < -0.3 is 10.1 Å². The Bertz CT molecular complexity index is 855. The number of anilines is 1. The topological polar surface area (TPSA) is 56.2 Å². The number of amides is 1. The van der Waals surface area contributed by atoms with Crippen molar-refractivity contribution in [2.24, 2.45) is 0 Å². The minimum absolute atomic E-state index is 0.213. The van der Waals surface area contributed by atoms with Gasteiger partial charge in [-0.2, -0.15) is 5.10 Å². The predicted molar refractivity (Wildman–Crippen MR) is 94.3 cm³/mol. The Labute approximate surface area is 144 Å². The molecule has 0 bridgehead atoms. The Balaban J connectivity index is 1.83. The van der Waals surface area contributed by atoms with E-state index in [4.69, 9.17) is 16.3 Å². The Hall–Kier alpha value is -2.79. The van der Waals surface area contributed by atoms with E-state index in [1.807, 2.05) is 31.2 Å². The molecule has 1 heterocycles. The van der Waals surface area contributed by atoms with Crippen molar-refractivity contribution in [1.82, 2.24) is 9.78 Å². The SMILES string of the molecule is COc1ccc(-n2ncc(C(=O)Nc3ccc(Cl)cc3)c2C)cc1. The molecule has 1 amide bonds. The van der Waals surface area contributed by atoms with Gasteiger partial charge in [0.25, 0.3) is 5.91 Å². The molecule has 3 rings (SSSR count). The molecule has 0 saturated heterocycles. The molecular formula is C18H16ClN3O2. The van der Waals surface area contributed by atoms with Crippen LogP contribution in [0.4, 0.5) is 5.69 Å². The zero-order valence-electron chi connectivity index (χ0n) is 13.3. The fraction of sp³-hybridized carbons (Fsp3) is 0.111. The summed E-state index contributed by atoms with van der Waals surface area (Å²) < 4.78 is 6.87. The number of carbonyl (C=O) groups is 1. The van der Waals surface area contributed by atoms with Gasteiger partial charge >= 0.3 is 0 Å². The van der Waals surface area contributed by atoms with E-state index in [1.54, 1.807) is 42.3 Å². The highest BCUT2D eigenvalue weighted by Gasteiger charge is 2.15. The zero-order chi connectivity index (χ0) is 17.1. The monoisotopic (exact) mass is 341 g/mol. The van der Waals surface area contributed by atoms with Crippen molar-refractivity contribution in [3.05, 3.63) is 71.0 Å². The van der Waals surface area contributed by atoms with Crippen molar-refractivity contribution in [2.75, 3.05) is 12.4 Å². The first-order chi connectivity index (χ1) is 11.6. The molecule has 0 radical (unpaired) electrons. The van der Waals surface area contributed by atoms with Crippen LogP contribution in [0.2, 0.25) is 5.02 Å². The number of aromatic nitrogens is 2. The molecule has 122 valence electrons. The maximum absolute atomic E-state index is 12.4. The van der Waals surface area contributed by atoms with Gasteiger partial charge in [0.05, 0.1) is 30.3 Å². The average Bonchev–Trinajstić information content (AvgIpc) is 2.98. The summed E-state index contributed by atoms with van der Waals surface area (Å²) in [5.41, 5.74) is 2.81. The molecule has 24 heavy (non-hydrogen) atoms. The zero-order valence-corrected chi connectivity index (χ0v) is 14.0. The highest BCUT2D eigenvalue weighted by atomic mass is 35.5. The molecule has 0 aliphatic carbocycles. The Morgan fingerprint density at radius 2 is 1.79 bits per heavy atom. The number of methoxy groups -OCH3 is 1. The van der Waals surface area contributed by atoms with Crippen LogP contribution >= 0.6 is 11.6 Å². The lowest BCUT2D eigenvalue weighted by Gasteiger charge is -2.07. The van der Waals surface area contributed by atoms with Crippen LogP contribution in [0.15, 0.2) is 54.7 Å². The minimum atomic E-state index is -0.213. The van der Waals surface area contributed by atoms with Gasteiger partial charge in [0.1, 0.15) is 5.75 Å². The first kappa shape index (κ1) is 16.1. The van der Waals surface area contributed by atoms with Crippen molar-refractivity contribution in [2.45, 2.75) is 6.92 Å². The summed E-state index contributed by atoms with van der Waals surface area (Å²) >= 11 is 5.85. The summed E-state index contributed by atoms with van der Waals surface area (Å²) in [6.45, 7) is 1.86. The van der Waals surface area contributed by atoms with Crippen LogP contribution in [-0.2, 0) is 0 Å². The van der Waals surface area contributed by atoms with Gasteiger partial charge in [-0.3, -0.25) is 4.79 Å². The molecule has 0 unspecified atom stereocenters. The summed E-state index contributed by atoms with van der Waals surface area (Å²) in [7, 11) is 1.62. The molecule has 0 aliphatic heterocycles. The van der Waals surface area contributed by atoms with E-state index in [9.17, 15) is 4.79 Å². The quantitative estimate of drug-likeness (QED) is 0.777. The van der Waals surface area contributed by atoms with Crippen molar-refractivity contribution >= 4 is 23.2 Å². The summed E-state index contributed by atoms with van der Waals surface area (Å²) in [5, 5.41) is 7.77. The summed E-state index contributed by atoms with van der Waals surface area (Å²) in [6, 6.07) is 14.4.